The largest absolute Gasteiger partial charge is 0.494 e. The second-order valence-corrected chi connectivity index (χ2v) is 4.29. The van der Waals surface area contributed by atoms with Crippen LogP contribution < -0.4 is 15.2 Å². The number of nitrogen functional groups attached to an aromatic ring is 1. The molecule has 0 amide bonds. The van der Waals surface area contributed by atoms with Crippen molar-refractivity contribution < 1.29 is 22.6 Å². The van der Waals surface area contributed by atoms with Crippen molar-refractivity contribution in [2.75, 3.05) is 12.3 Å². The van der Waals surface area contributed by atoms with E-state index in [1.54, 1.807) is 24.3 Å². The van der Waals surface area contributed by atoms with Gasteiger partial charge in [0.1, 0.15) is 17.2 Å². The number of anilines is 1. The van der Waals surface area contributed by atoms with Crippen LogP contribution in [0.2, 0.25) is 0 Å². The van der Waals surface area contributed by atoms with Gasteiger partial charge in [-0.2, -0.15) is 13.2 Å². The average Bonchev–Trinajstić information content (AvgIpc) is 2.40. The van der Waals surface area contributed by atoms with E-state index >= 15 is 0 Å². The molecule has 2 aromatic carbocycles. The van der Waals surface area contributed by atoms with Crippen LogP contribution in [0.4, 0.5) is 18.9 Å². The number of alkyl halides is 3. The first-order chi connectivity index (χ1) is 9.88. The van der Waals surface area contributed by atoms with Gasteiger partial charge >= 0.3 is 6.18 Å². The molecule has 0 aromatic heterocycles. The summed E-state index contributed by atoms with van der Waals surface area (Å²) >= 11 is 0. The first kappa shape index (κ1) is 15.0. The molecular weight excluding hydrogens is 283 g/mol. The Bertz CT molecular complexity index is 609. The second kappa shape index (κ2) is 5.95. The molecule has 2 rings (SSSR count). The third-order valence-corrected chi connectivity index (χ3v) is 2.63. The third kappa shape index (κ3) is 4.05. The van der Waals surface area contributed by atoms with Gasteiger partial charge in [-0.3, -0.25) is 0 Å². The molecule has 0 aliphatic carbocycles. The number of ether oxygens (including phenoxy) is 2. The summed E-state index contributed by atoms with van der Waals surface area (Å²) in [5.41, 5.74) is 4.62. The van der Waals surface area contributed by atoms with Crippen molar-refractivity contribution in [3.05, 3.63) is 48.0 Å². The Morgan fingerprint density at radius 2 is 1.57 bits per heavy atom. The van der Waals surface area contributed by atoms with Gasteiger partial charge in [0.2, 0.25) is 0 Å². The lowest BCUT2D eigenvalue weighted by atomic mass is 10.2. The molecule has 0 saturated heterocycles. The highest BCUT2D eigenvalue weighted by Crippen LogP contribution is 2.35. The van der Waals surface area contributed by atoms with E-state index in [4.69, 9.17) is 15.2 Å². The Labute approximate surface area is 120 Å². The molecular formula is C15H14F3NO2. The number of halogens is 3. The second-order valence-electron chi connectivity index (χ2n) is 4.29. The zero-order valence-corrected chi connectivity index (χ0v) is 11.3. The molecule has 2 aromatic rings. The van der Waals surface area contributed by atoms with Gasteiger partial charge in [0.15, 0.2) is 0 Å². The van der Waals surface area contributed by atoms with Crippen LogP contribution in [-0.2, 0) is 6.18 Å². The fourth-order valence-corrected chi connectivity index (χ4v) is 1.75. The van der Waals surface area contributed by atoms with Crippen LogP contribution in [-0.4, -0.2) is 6.61 Å². The maximum absolute atomic E-state index is 12.7. The summed E-state index contributed by atoms with van der Waals surface area (Å²) in [6.07, 6.45) is -4.47. The molecule has 0 radical (unpaired) electrons. The van der Waals surface area contributed by atoms with E-state index in [9.17, 15) is 13.2 Å². The van der Waals surface area contributed by atoms with Gasteiger partial charge in [-0.1, -0.05) is 0 Å². The topological polar surface area (TPSA) is 44.5 Å². The first-order valence-corrected chi connectivity index (χ1v) is 6.27. The summed E-state index contributed by atoms with van der Waals surface area (Å²) in [6, 6.07) is 9.69. The van der Waals surface area contributed by atoms with E-state index in [1.165, 1.54) is 6.07 Å². The van der Waals surface area contributed by atoms with Crippen molar-refractivity contribution in [2.45, 2.75) is 13.1 Å². The summed E-state index contributed by atoms with van der Waals surface area (Å²) in [6.45, 7) is 2.39. The maximum Gasteiger partial charge on any atom is 0.416 e. The molecule has 0 aliphatic rings. The smallest absolute Gasteiger partial charge is 0.416 e. The lowest BCUT2D eigenvalue weighted by Gasteiger charge is -2.12. The molecule has 2 N–H and O–H groups in total. The van der Waals surface area contributed by atoms with Gasteiger partial charge in [-0.15, -0.1) is 0 Å². The Hall–Kier alpha value is -2.37. The van der Waals surface area contributed by atoms with E-state index < -0.39 is 11.7 Å². The molecule has 112 valence electrons. The summed E-state index contributed by atoms with van der Waals surface area (Å²) in [5.74, 6) is 1.09. The van der Waals surface area contributed by atoms with Crippen LogP contribution in [0.3, 0.4) is 0 Å². The van der Waals surface area contributed by atoms with Crippen LogP contribution in [0.25, 0.3) is 0 Å². The van der Waals surface area contributed by atoms with Crippen molar-refractivity contribution in [3.63, 3.8) is 0 Å². The monoisotopic (exact) mass is 297 g/mol. The third-order valence-electron chi connectivity index (χ3n) is 2.63. The van der Waals surface area contributed by atoms with Gasteiger partial charge in [0.25, 0.3) is 0 Å². The number of rotatable bonds is 4. The van der Waals surface area contributed by atoms with E-state index in [0.29, 0.717) is 18.1 Å². The van der Waals surface area contributed by atoms with E-state index in [2.05, 4.69) is 0 Å². The molecule has 6 heteroatoms. The van der Waals surface area contributed by atoms with Gasteiger partial charge in [0, 0.05) is 11.8 Å². The van der Waals surface area contributed by atoms with Gasteiger partial charge < -0.3 is 15.2 Å². The van der Waals surface area contributed by atoms with Crippen molar-refractivity contribution in [1.82, 2.24) is 0 Å². The number of benzene rings is 2. The SMILES string of the molecule is CCOc1ccc(Oc2cc(N)cc(C(F)(F)F)c2)cc1. The van der Waals surface area contributed by atoms with Crippen LogP contribution in [0, 0.1) is 0 Å². The maximum atomic E-state index is 12.7. The molecule has 0 bridgehead atoms. The quantitative estimate of drug-likeness (QED) is 0.846. The summed E-state index contributed by atoms with van der Waals surface area (Å²) in [7, 11) is 0. The summed E-state index contributed by atoms with van der Waals surface area (Å²) in [5, 5.41) is 0. The van der Waals surface area contributed by atoms with Gasteiger partial charge in [-0.05, 0) is 43.3 Å². The zero-order valence-electron chi connectivity index (χ0n) is 11.3. The van der Waals surface area contributed by atoms with Crippen molar-refractivity contribution in [3.8, 4) is 17.2 Å². The van der Waals surface area contributed by atoms with Crippen LogP contribution >= 0.6 is 0 Å². The minimum Gasteiger partial charge on any atom is -0.494 e. The molecule has 21 heavy (non-hydrogen) atoms. The fraction of sp³-hybridized carbons (Fsp3) is 0.200. The van der Waals surface area contributed by atoms with E-state index in [0.717, 1.165) is 12.1 Å². The van der Waals surface area contributed by atoms with Crippen LogP contribution in [0.15, 0.2) is 42.5 Å². The Morgan fingerprint density at radius 3 is 2.14 bits per heavy atom. The molecule has 0 fully saturated rings. The lowest BCUT2D eigenvalue weighted by molar-refractivity contribution is -0.137. The summed E-state index contributed by atoms with van der Waals surface area (Å²) in [4.78, 5) is 0. The highest BCUT2D eigenvalue weighted by molar-refractivity contribution is 5.49. The predicted octanol–water partition coefficient (Wildman–Crippen LogP) is 4.48. The zero-order chi connectivity index (χ0) is 15.5. The number of hydrogen-bond donors (Lipinski definition) is 1. The molecule has 0 heterocycles. The first-order valence-electron chi connectivity index (χ1n) is 6.27. The molecule has 3 nitrogen and oxygen atoms in total. The molecule has 0 unspecified atom stereocenters. The Balaban J connectivity index is 2.21. The molecule has 0 aliphatic heterocycles. The van der Waals surface area contributed by atoms with Crippen molar-refractivity contribution in [1.29, 1.82) is 0 Å². The fourth-order valence-electron chi connectivity index (χ4n) is 1.75. The average molecular weight is 297 g/mol. The minimum absolute atomic E-state index is 0.00855. The Kier molecular flexibility index (Phi) is 4.26. The van der Waals surface area contributed by atoms with Crippen molar-refractivity contribution in [2.24, 2.45) is 0 Å². The van der Waals surface area contributed by atoms with Crippen LogP contribution in [0.5, 0.6) is 17.2 Å². The van der Waals surface area contributed by atoms with E-state index in [1.807, 2.05) is 6.92 Å². The minimum atomic E-state index is -4.47. The van der Waals surface area contributed by atoms with Crippen LogP contribution in [0.1, 0.15) is 12.5 Å². The molecule has 0 saturated carbocycles. The Morgan fingerprint density at radius 1 is 0.952 bits per heavy atom. The van der Waals surface area contributed by atoms with Gasteiger partial charge in [0.05, 0.1) is 12.2 Å². The van der Waals surface area contributed by atoms with Gasteiger partial charge in [-0.25, -0.2) is 0 Å². The molecule has 0 atom stereocenters. The summed E-state index contributed by atoms with van der Waals surface area (Å²) < 4.78 is 48.8. The van der Waals surface area contributed by atoms with Crippen molar-refractivity contribution >= 4 is 5.69 Å². The highest BCUT2D eigenvalue weighted by atomic mass is 19.4. The lowest BCUT2D eigenvalue weighted by Crippen LogP contribution is -2.06. The number of nitrogens with two attached hydrogens (primary N) is 1. The number of hydrogen-bond acceptors (Lipinski definition) is 3. The molecule has 0 spiro atoms. The predicted molar refractivity (Wildman–Crippen MR) is 73.5 cm³/mol. The normalized spacial score (nSPS) is 11.2. The highest BCUT2D eigenvalue weighted by Gasteiger charge is 2.31. The standard InChI is InChI=1S/C15H14F3NO2/c1-2-20-12-3-5-13(6-4-12)21-14-8-10(15(16,17)18)7-11(19)9-14/h3-9H,2,19H2,1H3. The van der Waals surface area contributed by atoms with E-state index in [-0.39, 0.29) is 11.4 Å².